The van der Waals surface area contributed by atoms with E-state index in [2.05, 4.69) is 20.7 Å². The minimum atomic E-state index is -0.330. The Hall–Kier alpha value is -5.25. The molecule has 0 aliphatic carbocycles. The van der Waals surface area contributed by atoms with Crippen LogP contribution in [0.3, 0.4) is 0 Å². The molecule has 0 spiro atoms. The third-order valence-corrected chi connectivity index (χ3v) is 7.20. The Balaban J connectivity index is 1.13. The molecule has 2 N–H and O–H groups in total. The van der Waals surface area contributed by atoms with E-state index >= 15 is 0 Å². The molecule has 1 saturated heterocycles. The van der Waals surface area contributed by atoms with Crippen molar-refractivity contribution in [1.29, 1.82) is 0 Å². The van der Waals surface area contributed by atoms with Crippen LogP contribution in [0.2, 0.25) is 0 Å². The zero-order chi connectivity index (χ0) is 29.1. The molecular formula is C32H29FN6O3. The molecule has 0 saturated carbocycles. The van der Waals surface area contributed by atoms with Gasteiger partial charge in [0.25, 0.3) is 5.91 Å². The van der Waals surface area contributed by atoms with Gasteiger partial charge in [0.15, 0.2) is 5.65 Å². The number of amides is 2. The SMILES string of the molecule is COc1cc(C(=O)N2CCCC2)ccc1Nc1nc2ccc(-c3ccc(NC(=O)Cc4ccc(F)cc4)cc3)cn2n1. The molecule has 1 fully saturated rings. The molecule has 1 aliphatic heterocycles. The van der Waals surface area contributed by atoms with Crippen LogP contribution in [-0.4, -0.2) is 51.5 Å². The second-order valence-corrected chi connectivity index (χ2v) is 10.1. The van der Waals surface area contributed by atoms with Crippen LogP contribution >= 0.6 is 0 Å². The summed E-state index contributed by atoms with van der Waals surface area (Å²) in [5.74, 6) is 0.426. The molecule has 0 bridgehead atoms. The van der Waals surface area contributed by atoms with Crippen LogP contribution in [0.15, 0.2) is 85.1 Å². The Morgan fingerprint density at radius 3 is 2.40 bits per heavy atom. The number of pyridine rings is 1. The van der Waals surface area contributed by atoms with Crippen LogP contribution in [-0.2, 0) is 11.2 Å². The molecule has 2 aromatic heterocycles. The minimum Gasteiger partial charge on any atom is -0.495 e. The van der Waals surface area contributed by atoms with Crippen LogP contribution in [0, 0.1) is 5.82 Å². The van der Waals surface area contributed by atoms with Gasteiger partial charge in [-0.1, -0.05) is 24.3 Å². The molecule has 3 aromatic carbocycles. The van der Waals surface area contributed by atoms with E-state index in [9.17, 15) is 14.0 Å². The molecule has 0 atom stereocenters. The zero-order valence-electron chi connectivity index (χ0n) is 23.0. The van der Waals surface area contributed by atoms with E-state index in [4.69, 9.17) is 4.74 Å². The smallest absolute Gasteiger partial charge is 0.253 e. The molecular weight excluding hydrogens is 535 g/mol. The van der Waals surface area contributed by atoms with Gasteiger partial charge in [-0.05, 0) is 78.6 Å². The van der Waals surface area contributed by atoms with E-state index in [1.54, 1.807) is 42.0 Å². The monoisotopic (exact) mass is 564 g/mol. The maximum Gasteiger partial charge on any atom is 0.253 e. The first-order valence-corrected chi connectivity index (χ1v) is 13.7. The lowest BCUT2D eigenvalue weighted by Crippen LogP contribution is -2.27. The van der Waals surface area contributed by atoms with Crippen LogP contribution in [0.4, 0.5) is 21.7 Å². The van der Waals surface area contributed by atoms with Crippen molar-refractivity contribution in [2.75, 3.05) is 30.8 Å². The number of hydrogen-bond acceptors (Lipinski definition) is 6. The highest BCUT2D eigenvalue weighted by atomic mass is 19.1. The quantitative estimate of drug-likeness (QED) is 0.251. The fourth-order valence-corrected chi connectivity index (χ4v) is 5.00. The highest BCUT2D eigenvalue weighted by Gasteiger charge is 2.21. The van der Waals surface area contributed by atoms with Crippen molar-refractivity contribution in [2.24, 2.45) is 0 Å². The van der Waals surface area contributed by atoms with E-state index in [1.807, 2.05) is 47.5 Å². The summed E-state index contributed by atoms with van der Waals surface area (Å²) in [7, 11) is 1.57. The van der Waals surface area contributed by atoms with Crippen LogP contribution in [0.25, 0.3) is 16.8 Å². The molecule has 3 heterocycles. The molecule has 9 nitrogen and oxygen atoms in total. The lowest BCUT2D eigenvalue weighted by molar-refractivity contribution is -0.115. The molecule has 0 radical (unpaired) electrons. The Kier molecular flexibility index (Phi) is 7.50. The molecule has 5 aromatic rings. The second kappa shape index (κ2) is 11.7. The van der Waals surface area contributed by atoms with Gasteiger partial charge in [-0.2, -0.15) is 4.98 Å². The molecule has 2 amide bonds. The summed E-state index contributed by atoms with van der Waals surface area (Å²) < 4.78 is 20.3. The summed E-state index contributed by atoms with van der Waals surface area (Å²) in [5, 5.41) is 10.7. The lowest BCUT2D eigenvalue weighted by atomic mass is 10.1. The van der Waals surface area contributed by atoms with E-state index in [-0.39, 0.29) is 24.1 Å². The maximum atomic E-state index is 13.1. The number of fused-ring (bicyclic) bond motifs is 1. The normalized spacial score (nSPS) is 12.9. The van der Waals surface area contributed by atoms with Crippen molar-refractivity contribution >= 4 is 34.8 Å². The van der Waals surface area contributed by atoms with Gasteiger partial charge in [0, 0.05) is 36.1 Å². The average molecular weight is 565 g/mol. The number of hydrogen-bond donors (Lipinski definition) is 2. The first kappa shape index (κ1) is 26.9. The Morgan fingerprint density at radius 2 is 1.67 bits per heavy atom. The van der Waals surface area contributed by atoms with Crippen molar-refractivity contribution in [3.63, 3.8) is 0 Å². The van der Waals surface area contributed by atoms with Gasteiger partial charge in [0.05, 0.1) is 19.2 Å². The first-order chi connectivity index (χ1) is 20.4. The Bertz CT molecular complexity index is 1750. The van der Waals surface area contributed by atoms with Crippen LogP contribution in [0.1, 0.15) is 28.8 Å². The van der Waals surface area contributed by atoms with Gasteiger partial charge < -0.3 is 20.3 Å². The number of carbonyl (C=O) groups excluding carboxylic acids is 2. The molecule has 42 heavy (non-hydrogen) atoms. The number of nitrogens with zero attached hydrogens (tertiary/aromatic N) is 4. The summed E-state index contributed by atoms with van der Waals surface area (Å²) in [6.07, 6.45) is 4.11. The highest BCUT2D eigenvalue weighted by Crippen LogP contribution is 2.29. The molecule has 10 heteroatoms. The molecule has 212 valence electrons. The average Bonchev–Trinajstić information content (AvgIpc) is 3.68. The molecule has 0 unspecified atom stereocenters. The molecule has 6 rings (SSSR count). The number of carbonyl (C=O) groups is 2. The summed E-state index contributed by atoms with van der Waals surface area (Å²) in [4.78, 5) is 31.6. The Labute approximate surface area is 242 Å². The second-order valence-electron chi connectivity index (χ2n) is 10.1. The zero-order valence-corrected chi connectivity index (χ0v) is 23.0. The number of rotatable bonds is 8. The predicted molar refractivity (Wildman–Crippen MR) is 159 cm³/mol. The van der Waals surface area contributed by atoms with Crippen molar-refractivity contribution in [2.45, 2.75) is 19.3 Å². The fourth-order valence-electron chi connectivity index (χ4n) is 5.00. The summed E-state index contributed by atoms with van der Waals surface area (Å²) >= 11 is 0. The fraction of sp³-hybridized carbons (Fsp3) is 0.188. The van der Waals surface area contributed by atoms with Crippen molar-refractivity contribution in [3.05, 3.63) is 102 Å². The number of nitrogens with one attached hydrogen (secondary N) is 2. The maximum absolute atomic E-state index is 13.1. The summed E-state index contributed by atoms with van der Waals surface area (Å²) in [6.45, 7) is 1.57. The van der Waals surface area contributed by atoms with Gasteiger partial charge in [-0.25, -0.2) is 8.91 Å². The summed E-state index contributed by atoms with van der Waals surface area (Å²) in [5.41, 5.74) is 5.17. The third kappa shape index (κ3) is 5.92. The van der Waals surface area contributed by atoms with E-state index < -0.39 is 0 Å². The Morgan fingerprint density at radius 1 is 0.929 bits per heavy atom. The number of ether oxygens (including phenoxy) is 1. The van der Waals surface area contributed by atoms with Gasteiger partial charge in [0.1, 0.15) is 11.6 Å². The number of halogens is 1. The first-order valence-electron chi connectivity index (χ1n) is 13.7. The van der Waals surface area contributed by atoms with Gasteiger partial charge >= 0.3 is 0 Å². The number of anilines is 3. The van der Waals surface area contributed by atoms with Crippen LogP contribution < -0.4 is 15.4 Å². The predicted octanol–water partition coefficient (Wildman–Crippen LogP) is 5.70. The largest absolute Gasteiger partial charge is 0.495 e. The number of likely N-dealkylation sites (tertiary alicyclic amines) is 1. The minimum absolute atomic E-state index is 0.0103. The molecule has 1 aliphatic rings. The van der Waals surface area contributed by atoms with Crippen molar-refractivity contribution < 1.29 is 18.7 Å². The standard InChI is InChI=1S/C32H29FN6O3/c1-42-28-19-23(31(41)38-16-2-3-17-38)8-14-27(28)35-32-36-29-15-9-24(20-39(29)37-32)22-6-12-26(13-7-22)34-30(40)18-21-4-10-25(33)11-5-21/h4-15,19-20H,2-3,16-18H2,1H3,(H,34,40)(H,35,37). The van der Waals surface area contributed by atoms with Crippen LogP contribution in [0.5, 0.6) is 5.75 Å². The number of aromatic nitrogens is 3. The number of methoxy groups -OCH3 is 1. The van der Waals surface area contributed by atoms with E-state index in [1.165, 1.54) is 12.1 Å². The van der Waals surface area contributed by atoms with Gasteiger partial charge in [-0.15, -0.1) is 5.10 Å². The highest BCUT2D eigenvalue weighted by molar-refractivity contribution is 5.95. The van der Waals surface area contributed by atoms with Crippen molar-refractivity contribution in [3.8, 4) is 16.9 Å². The number of benzene rings is 3. The lowest BCUT2D eigenvalue weighted by Gasteiger charge is -2.16. The third-order valence-electron chi connectivity index (χ3n) is 7.20. The van der Waals surface area contributed by atoms with Gasteiger partial charge in [0.2, 0.25) is 11.9 Å². The summed E-state index contributed by atoms with van der Waals surface area (Å²) in [6, 6.07) is 22.6. The van der Waals surface area contributed by atoms with Gasteiger partial charge in [-0.3, -0.25) is 9.59 Å². The topological polar surface area (TPSA) is 101 Å². The van der Waals surface area contributed by atoms with Crippen molar-refractivity contribution in [1.82, 2.24) is 19.5 Å². The van der Waals surface area contributed by atoms with E-state index in [0.29, 0.717) is 34.3 Å². The van der Waals surface area contributed by atoms with E-state index in [0.717, 1.165) is 42.6 Å².